The normalized spacial score (nSPS) is 12.6. The van der Waals surface area contributed by atoms with Gasteiger partial charge in [-0.05, 0) is 31.4 Å². The van der Waals surface area contributed by atoms with Crippen molar-refractivity contribution in [3.05, 3.63) is 30.0 Å². The quantitative estimate of drug-likeness (QED) is 0.876. The van der Waals surface area contributed by atoms with E-state index in [0.717, 1.165) is 11.0 Å². The van der Waals surface area contributed by atoms with Gasteiger partial charge in [-0.2, -0.15) is 0 Å². The van der Waals surface area contributed by atoms with Crippen molar-refractivity contribution in [1.82, 2.24) is 9.97 Å². The second kappa shape index (κ2) is 5.86. The Hall–Kier alpha value is -2.17. The van der Waals surface area contributed by atoms with Gasteiger partial charge in [-0.1, -0.05) is 26.0 Å². The minimum absolute atomic E-state index is 0.289. The molecular weight excluding hydrogens is 254 g/mol. The van der Waals surface area contributed by atoms with Crippen molar-refractivity contribution in [3.63, 3.8) is 0 Å². The smallest absolute Gasteiger partial charge is 0.326 e. The molecule has 2 rings (SSSR count). The second-order valence-electron chi connectivity index (χ2n) is 5.31. The third kappa shape index (κ3) is 3.23. The number of carboxylic acids is 1. The average Bonchev–Trinajstić information content (AvgIpc) is 2.38. The van der Waals surface area contributed by atoms with E-state index in [1.165, 1.54) is 0 Å². The molecule has 1 atom stereocenters. The Labute approximate surface area is 118 Å². The van der Waals surface area contributed by atoms with Crippen LogP contribution in [0, 0.1) is 12.8 Å². The van der Waals surface area contributed by atoms with E-state index in [9.17, 15) is 9.90 Å². The van der Waals surface area contributed by atoms with Gasteiger partial charge in [-0.15, -0.1) is 0 Å². The van der Waals surface area contributed by atoms with Crippen molar-refractivity contribution in [1.29, 1.82) is 0 Å². The summed E-state index contributed by atoms with van der Waals surface area (Å²) in [5, 5.41) is 12.3. The fourth-order valence-corrected chi connectivity index (χ4v) is 2.08. The Balaban J connectivity index is 2.31. The molecule has 0 unspecified atom stereocenters. The number of anilines is 1. The lowest BCUT2D eigenvalue weighted by molar-refractivity contribution is -0.138. The molecule has 2 aromatic rings. The van der Waals surface area contributed by atoms with Crippen LogP contribution in [0.3, 0.4) is 0 Å². The van der Waals surface area contributed by atoms with Gasteiger partial charge in [-0.25, -0.2) is 14.8 Å². The molecule has 5 nitrogen and oxygen atoms in total. The predicted octanol–water partition coefficient (Wildman–Crippen LogP) is 2.85. The zero-order valence-electron chi connectivity index (χ0n) is 11.9. The van der Waals surface area contributed by atoms with Gasteiger partial charge in [0.05, 0.1) is 16.7 Å². The first-order valence-corrected chi connectivity index (χ1v) is 6.70. The second-order valence-corrected chi connectivity index (χ2v) is 5.31. The average molecular weight is 273 g/mol. The molecule has 0 aliphatic carbocycles. The Morgan fingerprint density at radius 1 is 1.25 bits per heavy atom. The number of fused-ring (bicyclic) bond motifs is 1. The molecule has 2 N–H and O–H groups in total. The number of hydrogen-bond acceptors (Lipinski definition) is 4. The number of para-hydroxylation sites is 2. The zero-order valence-corrected chi connectivity index (χ0v) is 11.9. The van der Waals surface area contributed by atoms with Crippen molar-refractivity contribution in [2.24, 2.45) is 5.92 Å². The van der Waals surface area contributed by atoms with Crippen LogP contribution >= 0.6 is 0 Å². The highest BCUT2D eigenvalue weighted by molar-refractivity contribution is 5.79. The van der Waals surface area contributed by atoms with E-state index in [1.54, 1.807) is 0 Å². The van der Waals surface area contributed by atoms with E-state index < -0.39 is 12.0 Å². The number of nitrogens with zero attached hydrogens (tertiary/aromatic N) is 2. The summed E-state index contributed by atoms with van der Waals surface area (Å²) in [4.78, 5) is 20.2. The predicted molar refractivity (Wildman–Crippen MR) is 78.8 cm³/mol. The Morgan fingerprint density at radius 3 is 2.40 bits per heavy atom. The topological polar surface area (TPSA) is 75.1 Å². The summed E-state index contributed by atoms with van der Waals surface area (Å²) in [5.74, 6) is -0.0397. The first-order valence-electron chi connectivity index (χ1n) is 6.70. The Kier molecular flexibility index (Phi) is 4.17. The number of hydrogen-bond donors (Lipinski definition) is 2. The number of carboxylic acid groups (broad SMARTS) is 1. The summed E-state index contributed by atoms with van der Waals surface area (Å²) in [5.41, 5.74) is 2.28. The summed E-state index contributed by atoms with van der Waals surface area (Å²) in [6.07, 6.45) is 0.545. The molecule has 0 saturated carbocycles. The molecule has 0 bridgehead atoms. The molecule has 0 fully saturated rings. The van der Waals surface area contributed by atoms with E-state index in [4.69, 9.17) is 0 Å². The van der Waals surface area contributed by atoms with Crippen LogP contribution in [-0.4, -0.2) is 27.1 Å². The molecule has 0 aliphatic heterocycles. The number of nitrogens with one attached hydrogen (secondary N) is 1. The molecule has 0 amide bonds. The molecule has 1 aromatic heterocycles. The SMILES string of the molecule is Cc1nc2ccccc2nc1N[C@H](CC(C)C)C(=O)O. The van der Waals surface area contributed by atoms with Crippen molar-refractivity contribution < 1.29 is 9.90 Å². The third-order valence-electron chi connectivity index (χ3n) is 3.06. The molecule has 1 aromatic carbocycles. The van der Waals surface area contributed by atoms with Crippen LogP contribution in [0.1, 0.15) is 26.0 Å². The van der Waals surface area contributed by atoms with Crippen LogP contribution in [0.5, 0.6) is 0 Å². The van der Waals surface area contributed by atoms with Crippen molar-refractivity contribution in [3.8, 4) is 0 Å². The highest BCUT2D eigenvalue weighted by Crippen LogP contribution is 2.18. The molecule has 20 heavy (non-hydrogen) atoms. The summed E-state index contributed by atoms with van der Waals surface area (Å²) in [6, 6.07) is 6.90. The lowest BCUT2D eigenvalue weighted by atomic mass is 10.0. The number of aliphatic carboxylic acids is 1. The molecule has 5 heteroatoms. The van der Waals surface area contributed by atoms with Crippen LogP contribution in [0.15, 0.2) is 24.3 Å². The number of carbonyl (C=O) groups is 1. The van der Waals surface area contributed by atoms with Gasteiger partial charge >= 0.3 is 5.97 Å². The first-order chi connectivity index (χ1) is 9.47. The van der Waals surface area contributed by atoms with Gasteiger partial charge in [0, 0.05) is 0 Å². The monoisotopic (exact) mass is 273 g/mol. The fraction of sp³-hybridized carbons (Fsp3) is 0.400. The molecule has 1 heterocycles. The summed E-state index contributed by atoms with van der Waals surface area (Å²) < 4.78 is 0. The molecule has 0 saturated heterocycles. The van der Waals surface area contributed by atoms with E-state index >= 15 is 0 Å². The molecule has 106 valence electrons. The van der Waals surface area contributed by atoms with Gasteiger partial charge < -0.3 is 10.4 Å². The van der Waals surface area contributed by atoms with Gasteiger partial charge in [0.15, 0.2) is 0 Å². The highest BCUT2D eigenvalue weighted by atomic mass is 16.4. The first kappa shape index (κ1) is 14.2. The van der Waals surface area contributed by atoms with Gasteiger partial charge in [0.2, 0.25) is 0 Å². The summed E-state index contributed by atoms with van der Waals surface area (Å²) >= 11 is 0. The Bertz CT molecular complexity index is 626. The largest absolute Gasteiger partial charge is 0.480 e. The lowest BCUT2D eigenvalue weighted by Gasteiger charge is -2.18. The van der Waals surface area contributed by atoms with Crippen LogP contribution in [0.2, 0.25) is 0 Å². The van der Waals surface area contributed by atoms with Crippen LogP contribution in [0.25, 0.3) is 11.0 Å². The van der Waals surface area contributed by atoms with Gasteiger partial charge in [0.25, 0.3) is 0 Å². The van der Waals surface area contributed by atoms with Crippen LogP contribution in [0.4, 0.5) is 5.82 Å². The lowest BCUT2D eigenvalue weighted by Crippen LogP contribution is -2.31. The minimum Gasteiger partial charge on any atom is -0.480 e. The Morgan fingerprint density at radius 2 is 1.85 bits per heavy atom. The number of aromatic nitrogens is 2. The van der Waals surface area contributed by atoms with Crippen molar-refractivity contribution in [2.75, 3.05) is 5.32 Å². The van der Waals surface area contributed by atoms with E-state index in [0.29, 0.717) is 17.9 Å². The van der Waals surface area contributed by atoms with E-state index in [1.807, 2.05) is 45.0 Å². The van der Waals surface area contributed by atoms with Crippen molar-refractivity contribution in [2.45, 2.75) is 33.2 Å². The maximum absolute atomic E-state index is 11.3. The zero-order chi connectivity index (χ0) is 14.7. The fourth-order valence-electron chi connectivity index (χ4n) is 2.08. The van der Waals surface area contributed by atoms with E-state index in [-0.39, 0.29) is 5.92 Å². The van der Waals surface area contributed by atoms with Crippen LogP contribution < -0.4 is 5.32 Å². The van der Waals surface area contributed by atoms with Gasteiger partial charge in [0.1, 0.15) is 11.9 Å². The number of aryl methyl sites for hydroxylation is 1. The van der Waals surface area contributed by atoms with E-state index in [2.05, 4.69) is 15.3 Å². The molecule has 0 spiro atoms. The molecular formula is C15H19N3O2. The third-order valence-corrected chi connectivity index (χ3v) is 3.06. The van der Waals surface area contributed by atoms with Gasteiger partial charge in [-0.3, -0.25) is 0 Å². The maximum Gasteiger partial charge on any atom is 0.326 e. The summed E-state index contributed by atoms with van der Waals surface area (Å²) in [6.45, 7) is 5.82. The molecule has 0 aliphatic rings. The maximum atomic E-state index is 11.3. The standard InChI is InChI=1S/C15H19N3O2/c1-9(2)8-13(15(19)20)18-14-10(3)16-11-6-4-5-7-12(11)17-14/h4-7,9,13H,8H2,1-3H3,(H,17,18)(H,19,20)/t13-/m1/s1. The summed E-state index contributed by atoms with van der Waals surface area (Å²) in [7, 11) is 0. The highest BCUT2D eigenvalue weighted by Gasteiger charge is 2.20. The minimum atomic E-state index is -0.868. The number of benzene rings is 1. The molecule has 0 radical (unpaired) electrons. The van der Waals surface area contributed by atoms with Crippen molar-refractivity contribution >= 4 is 22.8 Å². The van der Waals surface area contributed by atoms with Crippen LogP contribution in [-0.2, 0) is 4.79 Å². The number of rotatable bonds is 5.